The maximum atomic E-state index is 14.2. The van der Waals surface area contributed by atoms with Gasteiger partial charge < -0.3 is 20.3 Å². The van der Waals surface area contributed by atoms with Crippen LogP contribution in [-0.2, 0) is 9.53 Å². The smallest absolute Gasteiger partial charge is 0.258 e. The Bertz CT molecular complexity index is 869. The van der Waals surface area contributed by atoms with Gasteiger partial charge in [0.05, 0.1) is 30.2 Å². The first kappa shape index (κ1) is 19.1. The number of hydrogen-bond donors (Lipinski definition) is 2. The quantitative estimate of drug-likeness (QED) is 0.836. The lowest BCUT2D eigenvalue weighted by Crippen LogP contribution is -2.36. The molecule has 0 unspecified atom stereocenters. The van der Waals surface area contributed by atoms with Crippen molar-refractivity contribution in [3.8, 4) is 0 Å². The number of anilines is 3. The number of benzene rings is 2. The standard InChI is InChI=1S/C19H19ClFN3O3/c1-12(25)22-14-3-4-16(21)15(11-14)19(26)23-17-10-13(20)2-5-18(17)24-6-8-27-9-7-24/h2-5,10-11H,6-9H2,1H3,(H,22,25)(H,23,26). The van der Waals surface area contributed by atoms with Crippen molar-refractivity contribution in [3.05, 3.63) is 52.8 Å². The molecule has 1 aliphatic rings. The van der Waals surface area contributed by atoms with E-state index in [4.69, 9.17) is 16.3 Å². The molecule has 142 valence electrons. The van der Waals surface area contributed by atoms with E-state index < -0.39 is 11.7 Å². The third-order valence-electron chi connectivity index (χ3n) is 4.09. The molecule has 0 spiro atoms. The summed E-state index contributed by atoms with van der Waals surface area (Å²) in [5.74, 6) is -1.62. The van der Waals surface area contributed by atoms with Crippen molar-refractivity contribution in [2.45, 2.75) is 6.92 Å². The van der Waals surface area contributed by atoms with Crippen molar-refractivity contribution in [1.29, 1.82) is 0 Å². The lowest BCUT2D eigenvalue weighted by atomic mass is 10.1. The first-order valence-corrected chi connectivity index (χ1v) is 8.82. The highest BCUT2D eigenvalue weighted by Gasteiger charge is 2.19. The van der Waals surface area contributed by atoms with E-state index >= 15 is 0 Å². The van der Waals surface area contributed by atoms with Crippen LogP contribution in [0.15, 0.2) is 36.4 Å². The van der Waals surface area contributed by atoms with Crippen LogP contribution in [0.2, 0.25) is 5.02 Å². The number of morpholine rings is 1. The predicted molar refractivity (Wildman–Crippen MR) is 103 cm³/mol. The molecule has 27 heavy (non-hydrogen) atoms. The number of amides is 2. The monoisotopic (exact) mass is 391 g/mol. The molecule has 1 saturated heterocycles. The second kappa shape index (κ2) is 8.37. The topological polar surface area (TPSA) is 70.7 Å². The van der Waals surface area contributed by atoms with Gasteiger partial charge in [0, 0.05) is 30.7 Å². The minimum Gasteiger partial charge on any atom is -0.378 e. The maximum absolute atomic E-state index is 14.2. The summed E-state index contributed by atoms with van der Waals surface area (Å²) in [4.78, 5) is 25.9. The van der Waals surface area contributed by atoms with Crippen LogP contribution in [0.3, 0.4) is 0 Å². The molecule has 1 heterocycles. The molecule has 2 N–H and O–H groups in total. The molecule has 0 aromatic heterocycles. The van der Waals surface area contributed by atoms with E-state index in [9.17, 15) is 14.0 Å². The molecule has 0 aliphatic carbocycles. The number of nitrogens with zero attached hydrogens (tertiary/aromatic N) is 1. The van der Waals surface area contributed by atoms with Gasteiger partial charge in [-0.1, -0.05) is 11.6 Å². The van der Waals surface area contributed by atoms with Crippen LogP contribution in [0.4, 0.5) is 21.5 Å². The number of carbonyl (C=O) groups is 2. The fraction of sp³-hybridized carbons (Fsp3) is 0.263. The van der Waals surface area contributed by atoms with Gasteiger partial charge in [-0.3, -0.25) is 9.59 Å². The van der Waals surface area contributed by atoms with E-state index in [1.807, 2.05) is 6.07 Å². The molecule has 2 aromatic rings. The second-order valence-corrected chi connectivity index (χ2v) is 6.53. The molecule has 1 fully saturated rings. The van der Waals surface area contributed by atoms with Crippen LogP contribution in [0.5, 0.6) is 0 Å². The van der Waals surface area contributed by atoms with Crippen LogP contribution in [0.25, 0.3) is 0 Å². The number of nitrogens with one attached hydrogen (secondary N) is 2. The lowest BCUT2D eigenvalue weighted by Gasteiger charge is -2.30. The zero-order chi connectivity index (χ0) is 19.4. The Hall–Kier alpha value is -2.64. The molecule has 6 nitrogen and oxygen atoms in total. The Morgan fingerprint density at radius 1 is 1.11 bits per heavy atom. The van der Waals surface area contributed by atoms with Gasteiger partial charge in [0.25, 0.3) is 5.91 Å². The fourth-order valence-corrected chi connectivity index (χ4v) is 3.03. The second-order valence-electron chi connectivity index (χ2n) is 6.09. The van der Waals surface area contributed by atoms with E-state index in [1.165, 1.54) is 19.1 Å². The molecular formula is C19H19ClFN3O3. The Morgan fingerprint density at radius 2 is 1.85 bits per heavy atom. The molecule has 0 saturated carbocycles. The largest absolute Gasteiger partial charge is 0.378 e. The summed E-state index contributed by atoms with van der Waals surface area (Å²) in [6.45, 7) is 3.87. The molecule has 1 aliphatic heterocycles. The van der Waals surface area contributed by atoms with Crippen LogP contribution in [-0.4, -0.2) is 38.1 Å². The molecule has 0 atom stereocenters. The van der Waals surface area contributed by atoms with Crippen molar-refractivity contribution in [3.63, 3.8) is 0 Å². The first-order valence-electron chi connectivity index (χ1n) is 8.45. The summed E-state index contributed by atoms with van der Waals surface area (Å²) in [5, 5.41) is 5.72. The highest BCUT2D eigenvalue weighted by atomic mass is 35.5. The maximum Gasteiger partial charge on any atom is 0.258 e. The Morgan fingerprint density at radius 3 is 2.56 bits per heavy atom. The number of carbonyl (C=O) groups excluding carboxylic acids is 2. The van der Waals surface area contributed by atoms with Gasteiger partial charge in [-0.15, -0.1) is 0 Å². The van der Waals surface area contributed by atoms with E-state index in [-0.39, 0.29) is 11.5 Å². The lowest BCUT2D eigenvalue weighted by molar-refractivity contribution is -0.114. The molecule has 2 amide bonds. The zero-order valence-electron chi connectivity index (χ0n) is 14.7. The summed E-state index contributed by atoms with van der Waals surface area (Å²) in [6.07, 6.45) is 0. The van der Waals surface area contributed by atoms with Gasteiger partial charge in [0.1, 0.15) is 5.82 Å². The van der Waals surface area contributed by atoms with E-state index in [0.29, 0.717) is 42.7 Å². The van der Waals surface area contributed by atoms with Crippen LogP contribution < -0.4 is 15.5 Å². The zero-order valence-corrected chi connectivity index (χ0v) is 15.5. The molecule has 8 heteroatoms. The summed E-state index contributed by atoms with van der Waals surface area (Å²) in [7, 11) is 0. The van der Waals surface area contributed by atoms with Gasteiger partial charge >= 0.3 is 0 Å². The Kier molecular flexibility index (Phi) is 5.93. The average molecular weight is 392 g/mol. The van der Waals surface area contributed by atoms with Gasteiger partial charge in [0.2, 0.25) is 5.91 Å². The third-order valence-corrected chi connectivity index (χ3v) is 4.33. The summed E-state index contributed by atoms with van der Waals surface area (Å²) < 4.78 is 19.5. The summed E-state index contributed by atoms with van der Waals surface area (Å²) in [5.41, 5.74) is 1.44. The number of hydrogen-bond acceptors (Lipinski definition) is 4. The molecule has 3 rings (SSSR count). The Labute approximate surface area is 161 Å². The summed E-state index contributed by atoms with van der Waals surface area (Å²) >= 11 is 6.08. The average Bonchev–Trinajstić information content (AvgIpc) is 2.63. The van der Waals surface area contributed by atoms with E-state index in [0.717, 1.165) is 11.8 Å². The molecule has 0 radical (unpaired) electrons. The van der Waals surface area contributed by atoms with E-state index in [2.05, 4.69) is 15.5 Å². The van der Waals surface area contributed by atoms with Crippen molar-refractivity contribution in [2.24, 2.45) is 0 Å². The normalized spacial score (nSPS) is 14.0. The van der Waals surface area contributed by atoms with Crippen LogP contribution in [0, 0.1) is 5.82 Å². The van der Waals surface area contributed by atoms with Gasteiger partial charge in [-0.2, -0.15) is 0 Å². The molecule has 2 aromatic carbocycles. The molecular weight excluding hydrogens is 373 g/mol. The van der Waals surface area contributed by atoms with Crippen molar-refractivity contribution in [2.75, 3.05) is 41.8 Å². The third kappa shape index (κ3) is 4.75. The number of halogens is 2. The van der Waals surface area contributed by atoms with E-state index in [1.54, 1.807) is 12.1 Å². The van der Waals surface area contributed by atoms with Crippen molar-refractivity contribution >= 4 is 40.5 Å². The highest BCUT2D eigenvalue weighted by molar-refractivity contribution is 6.31. The van der Waals surface area contributed by atoms with Gasteiger partial charge in [0.15, 0.2) is 0 Å². The van der Waals surface area contributed by atoms with Gasteiger partial charge in [-0.05, 0) is 36.4 Å². The minimum absolute atomic E-state index is 0.172. The highest BCUT2D eigenvalue weighted by Crippen LogP contribution is 2.30. The van der Waals surface area contributed by atoms with Crippen molar-refractivity contribution in [1.82, 2.24) is 0 Å². The number of ether oxygens (including phenoxy) is 1. The molecule has 0 bridgehead atoms. The SMILES string of the molecule is CC(=O)Nc1ccc(F)c(C(=O)Nc2cc(Cl)ccc2N2CCOCC2)c1. The van der Waals surface area contributed by atoms with Crippen LogP contribution in [0.1, 0.15) is 17.3 Å². The minimum atomic E-state index is -0.684. The Balaban J connectivity index is 1.87. The van der Waals surface area contributed by atoms with Crippen molar-refractivity contribution < 1.29 is 18.7 Å². The summed E-state index contributed by atoms with van der Waals surface area (Å²) in [6, 6.07) is 9.01. The van der Waals surface area contributed by atoms with Crippen LogP contribution >= 0.6 is 11.6 Å². The van der Waals surface area contributed by atoms with Gasteiger partial charge in [-0.25, -0.2) is 4.39 Å². The first-order chi connectivity index (χ1) is 12.9. The number of rotatable bonds is 4. The predicted octanol–water partition coefficient (Wildman–Crippen LogP) is 3.53. The fourth-order valence-electron chi connectivity index (χ4n) is 2.86.